The number of aryl methyl sites for hydroxylation is 1. The minimum Gasteiger partial charge on any atom is -0.492 e. The molecule has 96 valence electrons. The van der Waals surface area contributed by atoms with Crippen LogP contribution in [-0.2, 0) is 0 Å². The van der Waals surface area contributed by atoms with Gasteiger partial charge in [0.1, 0.15) is 5.75 Å². The van der Waals surface area contributed by atoms with Gasteiger partial charge in [0, 0.05) is 13.2 Å². The maximum atomic E-state index is 8.69. The Labute approximate surface area is 104 Å². The highest BCUT2D eigenvalue weighted by Crippen LogP contribution is 2.25. The Bertz CT molecular complexity index is 326. The summed E-state index contributed by atoms with van der Waals surface area (Å²) in [6, 6.07) is 6.20. The standard InChI is InChI=1S/C14H23NO2/c1-3-17-14-11-12(2)7-8-13(14)15-9-5-4-6-10-16/h7-8,11,15-16H,3-6,9-10H2,1-2H3. The normalized spacial score (nSPS) is 10.3. The van der Waals surface area contributed by atoms with Crippen molar-refractivity contribution in [1.82, 2.24) is 0 Å². The number of nitrogens with one attached hydrogen (secondary N) is 1. The summed E-state index contributed by atoms with van der Waals surface area (Å²) in [4.78, 5) is 0. The van der Waals surface area contributed by atoms with Crippen molar-refractivity contribution in [3.8, 4) is 5.75 Å². The molecule has 0 atom stereocenters. The van der Waals surface area contributed by atoms with Crippen molar-refractivity contribution < 1.29 is 9.84 Å². The monoisotopic (exact) mass is 237 g/mol. The second-order valence-electron chi connectivity index (χ2n) is 4.14. The lowest BCUT2D eigenvalue weighted by atomic mass is 10.2. The minimum atomic E-state index is 0.286. The van der Waals surface area contributed by atoms with E-state index in [1.807, 2.05) is 6.92 Å². The molecule has 0 aliphatic carbocycles. The molecule has 0 unspecified atom stereocenters. The van der Waals surface area contributed by atoms with Crippen molar-refractivity contribution in [3.05, 3.63) is 23.8 Å². The van der Waals surface area contributed by atoms with E-state index in [4.69, 9.17) is 9.84 Å². The number of aliphatic hydroxyl groups is 1. The number of hydrogen-bond acceptors (Lipinski definition) is 3. The number of rotatable bonds is 8. The quantitative estimate of drug-likeness (QED) is 0.683. The Morgan fingerprint density at radius 1 is 1.24 bits per heavy atom. The number of unbranched alkanes of at least 4 members (excludes halogenated alkanes) is 2. The van der Waals surface area contributed by atoms with Crippen LogP contribution < -0.4 is 10.1 Å². The van der Waals surface area contributed by atoms with E-state index in [-0.39, 0.29) is 6.61 Å². The van der Waals surface area contributed by atoms with E-state index in [0.717, 1.165) is 37.2 Å². The minimum absolute atomic E-state index is 0.286. The van der Waals surface area contributed by atoms with Gasteiger partial charge in [-0.3, -0.25) is 0 Å². The van der Waals surface area contributed by atoms with Crippen LogP contribution >= 0.6 is 0 Å². The largest absolute Gasteiger partial charge is 0.492 e. The summed E-state index contributed by atoms with van der Waals surface area (Å²) in [5.74, 6) is 0.926. The molecule has 17 heavy (non-hydrogen) atoms. The van der Waals surface area contributed by atoms with E-state index in [1.165, 1.54) is 5.56 Å². The van der Waals surface area contributed by atoms with Crippen molar-refractivity contribution in [3.63, 3.8) is 0 Å². The lowest BCUT2D eigenvalue weighted by molar-refractivity contribution is 0.283. The zero-order chi connectivity index (χ0) is 12.5. The maximum absolute atomic E-state index is 8.69. The molecule has 3 heteroatoms. The summed E-state index contributed by atoms with van der Waals surface area (Å²) in [6.07, 6.45) is 3.01. The van der Waals surface area contributed by atoms with Crippen LogP contribution in [0.5, 0.6) is 5.75 Å². The fraction of sp³-hybridized carbons (Fsp3) is 0.571. The summed E-state index contributed by atoms with van der Waals surface area (Å²) in [6.45, 7) is 5.95. The molecule has 3 nitrogen and oxygen atoms in total. The van der Waals surface area contributed by atoms with Gasteiger partial charge in [0.05, 0.1) is 12.3 Å². The first-order valence-electron chi connectivity index (χ1n) is 6.36. The first kappa shape index (κ1) is 13.8. The lowest BCUT2D eigenvalue weighted by Gasteiger charge is -2.13. The third-order valence-electron chi connectivity index (χ3n) is 2.59. The van der Waals surface area contributed by atoms with E-state index in [2.05, 4.69) is 30.4 Å². The molecule has 1 aromatic carbocycles. The molecule has 0 aromatic heterocycles. The number of ether oxygens (including phenoxy) is 1. The average Bonchev–Trinajstić information content (AvgIpc) is 2.32. The molecule has 1 aromatic rings. The van der Waals surface area contributed by atoms with Gasteiger partial charge in [-0.05, 0) is 50.8 Å². The van der Waals surface area contributed by atoms with Crippen LogP contribution in [0, 0.1) is 6.92 Å². The highest BCUT2D eigenvalue weighted by atomic mass is 16.5. The van der Waals surface area contributed by atoms with Crippen LogP contribution in [0.2, 0.25) is 0 Å². The second kappa shape index (κ2) is 7.96. The number of anilines is 1. The molecule has 0 bridgehead atoms. The molecule has 0 aliphatic rings. The van der Waals surface area contributed by atoms with Gasteiger partial charge in [0.15, 0.2) is 0 Å². The van der Waals surface area contributed by atoms with Crippen LogP contribution in [0.1, 0.15) is 31.7 Å². The molecule has 0 saturated heterocycles. The van der Waals surface area contributed by atoms with Crippen molar-refractivity contribution >= 4 is 5.69 Å². The van der Waals surface area contributed by atoms with Crippen molar-refractivity contribution in [1.29, 1.82) is 0 Å². The van der Waals surface area contributed by atoms with Gasteiger partial charge in [-0.15, -0.1) is 0 Å². The van der Waals surface area contributed by atoms with Gasteiger partial charge in [-0.2, -0.15) is 0 Å². The zero-order valence-corrected chi connectivity index (χ0v) is 10.8. The summed E-state index contributed by atoms with van der Waals surface area (Å²) in [5.41, 5.74) is 2.26. The van der Waals surface area contributed by atoms with Gasteiger partial charge in [0.25, 0.3) is 0 Å². The smallest absolute Gasteiger partial charge is 0.142 e. The Hall–Kier alpha value is -1.22. The van der Waals surface area contributed by atoms with E-state index in [9.17, 15) is 0 Å². The molecule has 0 fully saturated rings. The zero-order valence-electron chi connectivity index (χ0n) is 10.8. The molecule has 0 spiro atoms. The summed E-state index contributed by atoms with van der Waals surface area (Å²) in [5, 5.41) is 12.1. The summed E-state index contributed by atoms with van der Waals surface area (Å²) < 4.78 is 5.59. The molecule has 0 aliphatic heterocycles. The van der Waals surface area contributed by atoms with Crippen LogP contribution in [0.15, 0.2) is 18.2 Å². The first-order valence-corrected chi connectivity index (χ1v) is 6.36. The highest BCUT2D eigenvalue weighted by Gasteiger charge is 2.02. The summed E-state index contributed by atoms with van der Waals surface area (Å²) >= 11 is 0. The van der Waals surface area contributed by atoms with Crippen molar-refractivity contribution in [2.75, 3.05) is 25.1 Å². The summed E-state index contributed by atoms with van der Waals surface area (Å²) in [7, 11) is 0. The molecule has 0 radical (unpaired) electrons. The second-order valence-corrected chi connectivity index (χ2v) is 4.14. The van der Waals surface area contributed by atoms with Crippen molar-refractivity contribution in [2.24, 2.45) is 0 Å². The fourth-order valence-electron chi connectivity index (χ4n) is 1.69. The molecule has 0 amide bonds. The van der Waals surface area contributed by atoms with Crippen LogP contribution in [0.3, 0.4) is 0 Å². The lowest BCUT2D eigenvalue weighted by Crippen LogP contribution is -2.04. The van der Waals surface area contributed by atoms with Gasteiger partial charge >= 0.3 is 0 Å². The predicted octanol–water partition coefficient (Wildman–Crippen LogP) is 2.97. The van der Waals surface area contributed by atoms with Gasteiger partial charge in [-0.1, -0.05) is 6.07 Å². The molecule has 1 rings (SSSR count). The Balaban J connectivity index is 2.45. The van der Waals surface area contributed by atoms with E-state index < -0.39 is 0 Å². The number of aliphatic hydroxyl groups excluding tert-OH is 1. The molecular weight excluding hydrogens is 214 g/mol. The number of benzene rings is 1. The first-order chi connectivity index (χ1) is 8.27. The maximum Gasteiger partial charge on any atom is 0.142 e. The fourth-order valence-corrected chi connectivity index (χ4v) is 1.69. The molecular formula is C14H23NO2. The predicted molar refractivity (Wildman–Crippen MR) is 71.8 cm³/mol. The van der Waals surface area contributed by atoms with Crippen LogP contribution in [0.4, 0.5) is 5.69 Å². The highest BCUT2D eigenvalue weighted by molar-refractivity contribution is 5.57. The topological polar surface area (TPSA) is 41.5 Å². The number of hydrogen-bond donors (Lipinski definition) is 2. The molecule has 2 N–H and O–H groups in total. The van der Waals surface area contributed by atoms with Crippen LogP contribution in [0.25, 0.3) is 0 Å². The Kier molecular flexibility index (Phi) is 6.48. The van der Waals surface area contributed by atoms with Crippen molar-refractivity contribution in [2.45, 2.75) is 33.1 Å². The van der Waals surface area contributed by atoms with Crippen LogP contribution in [-0.4, -0.2) is 24.9 Å². The molecule has 0 saturated carbocycles. The third kappa shape index (κ3) is 5.09. The van der Waals surface area contributed by atoms with Gasteiger partial charge in [0.2, 0.25) is 0 Å². The van der Waals surface area contributed by atoms with E-state index in [1.54, 1.807) is 0 Å². The SMILES string of the molecule is CCOc1cc(C)ccc1NCCCCCO. The Morgan fingerprint density at radius 2 is 2.06 bits per heavy atom. The molecule has 0 heterocycles. The Morgan fingerprint density at radius 3 is 2.76 bits per heavy atom. The third-order valence-corrected chi connectivity index (χ3v) is 2.59. The van der Waals surface area contributed by atoms with Gasteiger partial charge in [-0.25, -0.2) is 0 Å². The van der Waals surface area contributed by atoms with E-state index in [0.29, 0.717) is 6.61 Å². The van der Waals surface area contributed by atoms with E-state index >= 15 is 0 Å². The van der Waals surface area contributed by atoms with Gasteiger partial charge < -0.3 is 15.2 Å². The average molecular weight is 237 g/mol.